The van der Waals surface area contributed by atoms with E-state index in [4.69, 9.17) is 4.42 Å². The first-order chi connectivity index (χ1) is 12.8. The van der Waals surface area contributed by atoms with E-state index in [9.17, 15) is 17.6 Å². The van der Waals surface area contributed by atoms with Gasteiger partial charge in [0.1, 0.15) is 17.3 Å². The number of hydrogen-bond acceptors (Lipinski definition) is 6. The van der Waals surface area contributed by atoms with Crippen molar-refractivity contribution in [2.45, 2.75) is 17.6 Å². The highest BCUT2D eigenvalue weighted by atomic mass is 32.2. The van der Waals surface area contributed by atoms with Gasteiger partial charge in [-0.05, 0) is 55.5 Å². The lowest BCUT2D eigenvalue weighted by Crippen LogP contribution is -2.06. The van der Waals surface area contributed by atoms with Crippen LogP contribution >= 0.6 is 0 Å². The van der Waals surface area contributed by atoms with Crippen molar-refractivity contribution in [3.8, 4) is 11.5 Å². The Hall–Kier alpha value is -3.00. The predicted octanol–water partition coefficient (Wildman–Crippen LogP) is 3.55. The topological polar surface area (TPSA) is 86.5 Å². The number of methoxy groups -OCH3 is 1. The van der Waals surface area contributed by atoms with E-state index in [1.54, 1.807) is 31.2 Å². The number of hydrogen-bond donors (Lipinski definition) is 0. The summed E-state index contributed by atoms with van der Waals surface area (Å²) in [6.45, 7) is 1.62. The number of rotatable bonds is 5. The zero-order valence-electron chi connectivity index (χ0n) is 14.6. The Morgan fingerprint density at radius 3 is 2.33 bits per heavy atom. The largest absolute Gasteiger partial charge is 0.465 e. The fourth-order valence-corrected chi connectivity index (χ4v) is 3.80. The van der Waals surface area contributed by atoms with Crippen LogP contribution in [0.4, 0.5) is 4.39 Å². The Bertz CT molecular complexity index is 1070. The third kappa shape index (κ3) is 4.06. The zero-order valence-corrected chi connectivity index (χ0v) is 15.4. The molecule has 1 aromatic heterocycles. The van der Waals surface area contributed by atoms with Gasteiger partial charge in [0.15, 0.2) is 9.84 Å². The van der Waals surface area contributed by atoms with Crippen molar-refractivity contribution in [1.82, 2.24) is 4.98 Å². The van der Waals surface area contributed by atoms with E-state index >= 15 is 0 Å². The van der Waals surface area contributed by atoms with Crippen molar-refractivity contribution < 1.29 is 26.8 Å². The van der Waals surface area contributed by atoms with E-state index in [0.717, 1.165) is 12.1 Å². The van der Waals surface area contributed by atoms with Crippen LogP contribution in [0, 0.1) is 12.7 Å². The smallest absolute Gasteiger partial charge is 0.337 e. The molecule has 0 bridgehead atoms. The average molecular weight is 389 g/mol. The first kappa shape index (κ1) is 18.8. The van der Waals surface area contributed by atoms with Gasteiger partial charge in [-0.15, -0.1) is 0 Å². The van der Waals surface area contributed by atoms with E-state index in [1.807, 2.05) is 0 Å². The Kier molecular flexibility index (Phi) is 5.09. The first-order valence-corrected chi connectivity index (χ1v) is 9.59. The Morgan fingerprint density at radius 2 is 1.74 bits per heavy atom. The normalized spacial score (nSPS) is 11.4. The Balaban J connectivity index is 1.86. The van der Waals surface area contributed by atoms with Crippen LogP contribution in [0.3, 0.4) is 0 Å². The molecule has 0 aliphatic heterocycles. The van der Waals surface area contributed by atoms with Gasteiger partial charge in [-0.25, -0.2) is 22.6 Å². The minimum atomic E-state index is -3.69. The van der Waals surface area contributed by atoms with Crippen LogP contribution in [0.5, 0.6) is 0 Å². The molecule has 0 atom stereocenters. The standard InChI is InChI=1S/C19H16FNO5S/c1-12-17(11-27(23,24)16-9-7-15(20)8-10-16)21-18(26-12)13-3-5-14(6-4-13)19(22)25-2/h3-10H,11H2,1-2H3. The van der Waals surface area contributed by atoms with Crippen LogP contribution in [0.25, 0.3) is 11.5 Å². The summed E-state index contributed by atoms with van der Waals surface area (Å²) in [6.07, 6.45) is 0. The number of aromatic nitrogens is 1. The Labute approximate surface area is 155 Å². The summed E-state index contributed by atoms with van der Waals surface area (Å²) < 4.78 is 48.2. The summed E-state index contributed by atoms with van der Waals surface area (Å²) in [5, 5.41) is 0. The van der Waals surface area contributed by atoms with Crippen molar-refractivity contribution in [3.63, 3.8) is 0 Å². The third-order valence-corrected chi connectivity index (χ3v) is 5.59. The van der Waals surface area contributed by atoms with E-state index in [1.165, 1.54) is 19.2 Å². The summed E-state index contributed by atoms with van der Waals surface area (Å²) in [6, 6.07) is 11.0. The molecule has 8 heteroatoms. The minimum Gasteiger partial charge on any atom is -0.465 e. The zero-order chi connectivity index (χ0) is 19.6. The molecule has 0 aliphatic rings. The molecule has 0 amide bonds. The van der Waals surface area contributed by atoms with Gasteiger partial charge in [-0.1, -0.05) is 0 Å². The van der Waals surface area contributed by atoms with Crippen molar-refractivity contribution in [3.05, 3.63) is 71.4 Å². The number of sulfone groups is 1. The SMILES string of the molecule is COC(=O)c1ccc(-c2nc(CS(=O)(=O)c3ccc(F)cc3)c(C)o2)cc1. The summed E-state index contributed by atoms with van der Waals surface area (Å²) in [4.78, 5) is 15.8. The molecule has 140 valence electrons. The number of aryl methyl sites for hydroxylation is 1. The van der Waals surface area contributed by atoms with Gasteiger partial charge in [0.05, 0.1) is 23.3 Å². The molecule has 0 radical (unpaired) electrons. The quantitative estimate of drug-likeness (QED) is 0.490. The number of oxazole rings is 1. The summed E-state index contributed by atoms with van der Waals surface area (Å²) >= 11 is 0. The number of nitrogens with zero attached hydrogens (tertiary/aromatic N) is 1. The van der Waals surface area contributed by atoms with Crippen LogP contribution in [-0.4, -0.2) is 26.5 Å². The van der Waals surface area contributed by atoms with Crippen LogP contribution in [-0.2, 0) is 20.3 Å². The van der Waals surface area contributed by atoms with Crippen LogP contribution in [0.1, 0.15) is 21.8 Å². The molecule has 3 aromatic rings. The van der Waals surface area contributed by atoms with Crippen molar-refractivity contribution in [2.75, 3.05) is 7.11 Å². The molecule has 0 saturated heterocycles. The van der Waals surface area contributed by atoms with Gasteiger partial charge >= 0.3 is 5.97 Å². The fraction of sp³-hybridized carbons (Fsp3) is 0.158. The van der Waals surface area contributed by atoms with E-state index in [2.05, 4.69) is 9.72 Å². The van der Waals surface area contributed by atoms with Crippen molar-refractivity contribution in [1.29, 1.82) is 0 Å². The summed E-state index contributed by atoms with van der Waals surface area (Å²) in [5.41, 5.74) is 1.24. The lowest BCUT2D eigenvalue weighted by Gasteiger charge is -2.02. The van der Waals surface area contributed by atoms with Gasteiger partial charge in [-0.2, -0.15) is 0 Å². The molecular formula is C19H16FNO5S. The maximum Gasteiger partial charge on any atom is 0.337 e. The van der Waals surface area contributed by atoms with Crippen LogP contribution < -0.4 is 0 Å². The van der Waals surface area contributed by atoms with Crippen molar-refractivity contribution in [2.24, 2.45) is 0 Å². The van der Waals surface area contributed by atoms with Crippen LogP contribution in [0.15, 0.2) is 57.8 Å². The molecule has 3 rings (SSSR count). The highest BCUT2D eigenvalue weighted by Crippen LogP contribution is 2.25. The average Bonchev–Trinajstić information content (AvgIpc) is 3.01. The maximum absolute atomic E-state index is 13.0. The molecule has 6 nitrogen and oxygen atoms in total. The van der Waals surface area contributed by atoms with E-state index in [0.29, 0.717) is 16.9 Å². The summed E-state index contributed by atoms with van der Waals surface area (Å²) in [7, 11) is -2.40. The molecule has 0 aliphatic carbocycles. The van der Waals surface area contributed by atoms with E-state index < -0.39 is 21.6 Å². The van der Waals surface area contributed by atoms with Gasteiger partial charge in [0.2, 0.25) is 5.89 Å². The second kappa shape index (κ2) is 7.32. The highest BCUT2D eigenvalue weighted by molar-refractivity contribution is 7.90. The third-order valence-electron chi connectivity index (χ3n) is 3.95. The minimum absolute atomic E-state index is 0.00952. The van der Waals surface area contributed by atoms with Crippen LogP contribution in [0.2, 0.25) is 0 Å². The predicted molar refractivity (Wildman–Crippen MR) is 95.3 cm³/mol. The number of carbonyl (C=O) groups excluding carboxylic acids is 1. The molecule has 2 aromatic carbocycles. The number of esters is 1. The molecule has 0 N–H and O–H groups in total. The van der Waals surface area contributed by atoms with Gasteiger partial charge < -0.3 is 9.15 Å². The van der Waals surface area contributed by atoms with E-state index in [-0.39, 0.29) is 22.2 Å². The fourth-order valence-electron chi connectivity index (χ4n) is 2.46. The Morgan fingerprint density at radius 1 is 1.11 bits per heavy atom. The van der Waals surface area contributed by atoms with Crippen molar-refractivity contribution >= 4 is 15.8 Å². The molecule has 0 unspecified atom stereocenters. The second-order valence-electron chi connectivity index (χ2n) is 5.80. The maximum atomic E-state index is 13.0. The molecule has 27 heavy (non-hydrogen) atoms. The number of benzene rings is 2. The van der Waals surface area contributed by atoms with Gasteiger partial charge in [0.25, 0.3) is 0 Å². The second-order valence-corrected chi connectivity index (χ2v) is 7.79. The van der Waals surface area contributed by atoms with Gasteiger partial charge in [-0.3, -0.25) is 0 Å². The number of halogens is 1. The lowest BCUT2D eigenvalue weighted by atomic mass is 10.1. The summed E-state index contributed by atoms with van der Waals surface area (Å²) in [5.74, 6) is -0.727. The molecule has 0 fully saturated rings. The molecule has 0 saturated carbocycles. The first-order valence-electron chi connectivity index (χ1n) is 7.93. The number of carbonyl (C=O) groups is 1. The monoisotopic (exact) mass is 389 g/mol. The molecular weight excluding hydrogens is 373 g/mol. The molecule has 0 spiro atoms. The highest BCUT2D eigenvalue weighted by Gasteiger charge is 2.21. The lowest BCUT2D eigenvalue weighted by molar-refractivity contribution is 0.0600. The van der Waals surface area contributed by atoms with Gasteiger partial charge in [0, 0.05) is 5.56 Å². The number of ether oxygens (including phenoxy) is 1. The molecule has 1 heterocycles.